The smallest absolute Gasteiger partial charge is 0.399 e. The maximum atomic E-state index is 12.2. The second kappa shape index (κ2) is 11.3. The Morgan fingerprint density at radius 3 is 1.21 bits per heavy atom. The molecule has 0 amide bonds. The van der Waals surface area contributed by atoms with Gasteiger partial charge < -0.3 is 9.47 Å². The molecule has 0 aliphatic rings. The van der Waals surface area contributed by atoms with E-state index in [2.05, 4.69) is 13.8 Å². The molecule has 0 N–H and O–H groups in total. The first kappa shape index (κ1) is 27.1. The number of hydrogen-bond acceptors (Lipinski definition) is 7. The van der Waals surface area contributed by atoms with Crippen molar-refractivity contribution in [1.82, 2.24) is 0 Å². The zero-order chi connectivity index (χ0) is 22.1. The van der Waals surface area contributed by atoms with Crippen molar-refractivity contribution in [1.29, 1.82) is 0 Å². The lowest BCUT2D eigenvalue weighted by Crippen LogP contribution is -2.40. The number of carbonyl (C=O) groups is 1. The van der Waals surface area contributed by atoms with E-state index in [9.17, 15) is 4.79 Å². The number of hydrogen-bond donors (Lipinski definition) is 0. The van der Waals surface area contributed by atoms with Crippen LogP contribution in [0.2, 0.25) is 0 Å². The highest BCUT2D eigenvalue weighted by atomic mass is 17.3. The largest absolute Gasteiger partial charge is 0.513 e. The van der Waals surface area contributed by atoms with E-state index in [1.165, 1.54) is 0 Å². The summed E-state index contributed by atoms with van der Waals surface area (Å²) in [5.41, 5.74) is -0.971. The molecule has 0 radical (unpaired) electrons. The van der Waals surface area contributed by atoms with Gasteiger partial charge in [0.05, 0.1) is 11.2 Å². The van der Waals surface area contributed by atoms with Gasteiger partial charge in [0, 0.05) is 27.7 Å². The zero-order valence-electron chi connectivity index (χ0n) is 19.6. The van der Waals surface area contributed by atoms with Crippen molar-refractivity contribution in [2.24, 2.45) is 0 Å². The van der Waals surface area contributed by atoms with Gasteiger partial charge in [-0.3, -0.25) is 0 Å². The summed E-state index contributed by atoms with van der Waals surface area (Å²) in [6.07, 6.45) is 4.86. The Bertz CT molecular complexity index is 416. The molecule has 168 valence electrons. The van der Waals surface area contributed by atoms with Crippen LogP contribution in [0.5, 0.6) is 0 Å². The standard InChI is InChI=1S/C21H42O7/c1-11-13-15-18(3,4)25-27-20(7,8)23-17(22)24-21(9,10)28-26-19(5,6)16-14-12-2/h11-16H2,1-10H3. The lowest BCUT2D eigenvalue weighted by atomic mass is 10.0. The summed E-state index contributed by atoms with van der Waals surface area (Å²) in [6.45, 7) is 18.2. The summed E-state index contributed by atoms with van der Waals surface area (Å²) in [5, 5.41) is 0. The second-order valence-electron chi connectivity index (χ2n) is 9.31. The first-order valence-corrected chi connectivity index (χ1v) is 10.3. The van der Waals surface area contributed by atoms with Crippen LogP contribution in [-0.4, -0.2) is 28.9 Å². The van der Waals surface area contributed by atoms with E-state index in [1.54, 1.807) is 27.7 Å². The van der Waals surface area contributed by atoms with E-state index < -0.39 is 28.9 Å². The van der Waals surface area contributed by atoms with Gasteiger partial charge in [0.25, 0.3) is 0 Å². The molecular weight excluding hydrogens is 364 g/mol. The molecule has 0 rings (SSSR count). The lowest BCUT2D eigenvalue weighted by molar-refractivity contribution is -0.458. The highest BCUT2D eigenvalue weighted by Crippen LogP contribution is 2.25. The minimum Gasteiger partial charge on any atom is -0.399 e. The van der Waals surface area contributed by atoms with Crippen LogP contribution < -0.4 is 0 Å². The van der Waals surface area contributed by atoms with E-state index in [1.807, 2.05) is 27.7 Å². The fraction of sp³-hybridized carbons (Fsp3) is 0.952. The summed E-state index contributed by atoms with van der Waals surface area (Å²) in [4.78, 5) is 33.8. The van der Waals surface area contributed by atoms with Gasteiger partial charge in [-0.1, -0.05) is 39.5 Å². The predicted octanol–water partition coefficient (Wildman–Crippen LogP) is 6.45. The molecule has 0 aliphatic heterocycles. The molecule has 7 nitrogen and oxygen atoms in total. The van der Waals surface area contributed by atoms with E-state index in [4.69, 9.17) is 29.0 Å². The molecule has 0 unspecified atom stereocenters. The van der Waals surface area contributed by atoms with Crippen LogP contribution in [0.3, 0.4) is 0 Å². The maximum Gasteiger partial charge on any atom is 0.513 e. The van der Waals surface area contributed by atoms with Crippen molar-refractivity contribution in [3.05, 3.63) is 0 Å². The third-order valence-corrected chi connectivity index (χ3v) is 3.86. The SMILES string of the molecule is CCCCC(C)(C)OOC(C)(C)OC(=O)OC(C)(C)OOC(C)(C)CCCC. The Morgan fingerprint density at radius 2 is 0.929 bits per heavy atom. The van der Waals surface area contributed by atoms with Crippen molar-refractivity contribution in [2.75, 3.05) is 0 Å². The second-order valence-corrected chi connectivity index (χ2v) is 9.31. The molecule has 0 aromatic heterocycles. The fourth-order valence-electron chi connectivity index (χ4n) is 2.17. The zero-order valence-corrected chi connectivity index (χ0v) is 19.6. The van der Waals surface area contributed by atoms with Crippen molar-refractivity contribution >= 4 is 6.16 Å². The summed E-state index contributed by atoms with van der Waals surface area (Å²) >= 11 is 0. The van der Waals surface area contributed by atoms with Gasteiger partial charge in [-0.05, 0) is 40.5 Å². The predicted molar refractivity (Wildman–Crippen MR) is 107 cm³/mol. The fourth-order valence-corrected chi connectivity index (χ4v) is 2.17. The van der Waals surface area contributed by atoms with Crippen LogP contribution in [0.1, 0.15) is 108 Å². The third-order valence-electron chi connectivity index (χ3n) is 3.86. The van der Waals surface area contributed by atoms with Gasteiger partial charge >= 0.3 is 6.16 Å². The lowest BCUT2D eigenvalue weighted by Gasteiger charge is -2.32. The number of rotatable bonds is 14. The van der Waals surface area contributed by atoms with Gasteiger partial charge in [-0.25, -0.2) is 14.6 Å². The third kappa shape index (κ3) is 13.3. The number of carbonyl (C=O) groups excluding carboxylic acids is 1. The summed E-state index contributed by atoms with van der Waals surface area (Å²) in [7, 11) is 0. The van der Waals surface area contributed by atoms with Crippen LogP contribution in [0.25, 0.3) is 0 Å². The van der Waals surface area contributed by atoms with Crippen molar-refractivity contribution < 1.29 is 33.8 Å². The van der Waals surface area contributed by atoms with Crippen molar-refractivity contribution in [3.63, 3.8) is 0 Å². The molecule has 0 aliphatic carbocycles. The van der Waals surface area contributed by atoms with Gasteiger partial charge in [0.2, 0.25) is 11.6 Å². The number of unbranched alkanes of at least 4 members (excludes halogenated alkanes) is 2. The molecule has 0 heterocycles. The normalized spacial score (nSPS) is 13.5. The molecule has 28 heavy (non-hydrogen) atoms. The molecular formula is C21H42O7. The molecule has 0 saturated carbocycles. The molecule has 7 heteroatoms. The quantitative estimate of drug-likeness (QED) is 0.142. The first-order valence-electron chi connectivity index (χ1n) is 10.3. The Balaban J connectivity index is 4.51. The van der Waals surface area contributed by atoms with Crippen LogP contribution >= 0.6 is 0 Å². The van der Waals surface area contributed by atoms with Gasteiger partial charge in [0.15, 0.2) is 0 Å². The van der Waals surface area contributed by atoms with Crippen molar-refractivity contribution in [2.45, 2.75) is 131 Å². The van der Waals surface area contributed by atoms with Crippen molar-refractivity contribution in [3.8, 4) is 0 Å². The van der Waals surface area contributed by atoms with E-state index in [-0.39, 0.29) is 0 Å². The van der Waals surface area contributed by atoms with Gasteiger partial charge in [-0.2, -0.15) is 9.78 Å². The Hall–Kier alpha value is -0.890. The molecule has 0 bridgehead atoms. The molecule has 0 aromatic carbocycles. The minimum atomic E-state index is -1.32. The Labute approximate surface area is 171 Å². The van der Waals surface area contributed by atoms with E-state index in [0.29, 0.717) is 0 Å². The van der Waals surface area contributed by atoms with Crippen LogP contribution in [0, 0.1) is 0 Å². The summed E-state index contributed by atoms with van der Waals surface area (Å²) in [5.74, 6) is -2.64. The van der Waals surface area contributed by atoms with Crippen LogP contribution in [-0.2, 0) is 29.0 Å². The summed E-state index contributed by atoms with van der Waals surface area (Å²) in [6, 6.07) is 0. The minimum absolute atomic E-state index is 0.485. The summed E-state index contributed by atoms with van der Waals surface area (Å²) < 4.78 is 10.5. The highest BCUT2D eigenvalue weighted by molar-refractivity contribution is 5.60. The average Bonchev–Trinajstić information content (AvgIpc) is 2.54. The topological polar surface area (TPSA) is 72.5 Å². The molecule has 0 spiro atoms. The molecule has 0 atom stereocenters. The average molecular weight is 407 g/mol. The monoisotopic (exact) mass is 406 g/mol. The highest BCUT2D eigenvalue weighted by Gasteiger charge is 2.35. The van der Waals surface area contributed by atoms with Gasteiger partial charge in [-0.15, -0.1) is 0 Å². The molecule has 0 fully saturated rings. The van der Waals surface area contributed by atoms with Gasteiger partial charge in [0.1, 0.15) is 0 Å². The van der Waals surface area contributed by atoms with Crippen LogP contribution in [0.4, 0.5) is 4.79 Å². The number of ether oxygens (including phenoxy) is 2. The van der Waals surface area contributed by atoms with E-state index in [0.717, 1.165) is 38.5 Å². The van der Waals surface area contributed by atoms with E-state index >= 15 is 0 Å². The first-order chi connectivity index (χ1) is 12.6. The molecule has 0 aromatic rings. The maximum absolute atomic E-state index is 12.2. The molecule has 0 saturated heterocycles. The van der Waals surface area contributed by atoms with Crippen LogP contribution in [0.15, 0.2) is 0 Å². The Morgan fingerprint density at radius 1 is 0.607 bits per heavy atom. The Kier molecular flexibility index (Phi) is 11.0.